The third kappa shape index (κ3) is 5.57. The molecule has 0 aromatic heterocycles. The van der Waals surface area contributed by atoms with Gasteiger partial charge in [0, 0.05) is 5.02 Å². The van der Waals surface area contributed by atoms with E-state index in [0.717, 1.165) is 0 Å². The van der Waals surface area contributed by atoms with Crippen LogP contribution in [0.15, 0.2) is 34.3 Å². The Morgan fingerprint density at radius 2 is 1.81 bits per heavy atom. The molecule has 1 aromatic rings. The lowest BCUT2D eigenvalue weighted by Crippen LogP contribution is -2.15. The fourth-order valence-electron chi connectivity index (χ4n) is 0.831. The molecular formula is C9H12ClIN4S. The third-order valence-electron chi connectivity index (χ3n) is 1.50. The van der Waals surface area contributed by atoms with Crippen LogP contribution in [0.1, 0.15) is 0 Å². The molecule has 0 radical (unpaired) electrons. The molecule has 16 heavy (non-hydrogen) atoms. The SMILES string of the molecule is CSC(N)=NC(N)=Nc1ccc(Cl)cc1.I. The van der Waals surface area contributed by atoms with Crippen LogP contribution >= 0.6 is 47.3 Å². The van der Waals surface area contributed by atoms with Gasteiger partial charge in [0.1, 0.15) is 0 Å². The maximum atomic E-state index is 5.72. The second-order valence-corrected chi connectivity index (χ2v) is 3.86. The lowest BCUT2D eigenvalue weighted by molar-refractivity contribution is 1.41. The smallest absolute Gasteiger partial charge is 0.222 e. The molecule has 4 N–H and O–H groups in total. The summed E-state index contributed by atoms with van der Waals surface area (Å²) < 4.78 is 0. The van der Waals surface area contributed by atoms with Crippen molar-refractivity contribution in [3.05, 3.63) is 29.3 Å². The van der Waals surface area contributed by atoms with Gasteiger partial charge in [-0.1, -0.05) is 23.4 Å². The summed E-state index contributed by atoms with van der Waals surface area (Å²) in [6, 6.07) is 6.96. The van der Waals surface area contributed by atoms with Gasteiger partial charge in [-0.15, -0.1) is 24.0 Å². The van der Waals surface area contributed by atoms with Crippen molar-refractivity contribution in [3.8, 4) is 0 Å². The minimum atomic E-state index is 0. The van der Waals surface area contributed by atoms with Gasteiger partial charge in [0.05, 0.1) is 5.69 Å². The Morgan fingerprint density at radius 1 is 1.25 bits per heavy atom. The molecule has 7 heteroatoms. The van der Waals surface area contributed by atoms with Crippen molar-refractivity contribution in [3.63, 3.8) is 0 Å². The number of halogens is 2. The van der Waals surface area contributed by atoms with E-state index in [1.54, 1.807) is 24.3 Å². The highest BCUT2D eigenvalue weighted by molar-refractivity contribution is 14.0. The number of guanidine groups is 1. The van der Waals surface area contributed by atoms with E-state index in [0.29, 0.717) is 15.9 Å². The number of nitrogens with two attached hydrogens (primary N) is 2. The molecule has 0 amide bonds. The van der Waals surface area contributed by atoms with Gasteiger partial charge in [0.25, 0.3) is 0 Å². The zero-order valence-corrected chi connectivity index (χ0v) is 12.5. The quantitative estimate of drug-likeness (QED) is 0.453. The summed E-state index contributed by atoms with van der Waals surface area (Å²) in [6.45, 7) is 0. The molecule has 1 aromatic carbocycles. The topological polar surface area (TPSA) is 76.8 Å². The van der Waals surface area contributed by atoms with Crippen molar-refractivity contribution in [2.45, 2.75) is 0 Å². The summed E-state index contributed by atoms with van der Waals surface area (Å²) in [4.78, 5) is 7.91. The van der Waals surface area contributed by atoms with Gasteiger partial charge in [0.2, 0.25) is 5.96 Å². The van der Waals surface area contributed by atoms with E-state index in [-0.39, 0.29) is 29.9 Å². The number of rotatable bonds is 1. The number of aliphatic imine (C=N–C) groups is 2. The second kappa shape index (κ2) is 7.75. The van der Waals surface area contributed by atoms with Crippen LogP contribution in [-0.4, -0.2) is 17.4 Å². The number of benzene rings is 1. The average Bonchev–Trinajstić information content (AvgIpc) is 2.21. The van der Waals surface area contributed by atoms with Crippen molar-refractivity contribution >= 4 is 64.2 Å². The van der Waals surface area contributed by atoms with Crippen molar-refractivity contribution in [1.82, 2.24) is 0 Å². The number of hydrogen-bond donors (Lipinski definition) is 2. The van der Waals surface area contributed by atoms with Gasteiger partial charge in [-0.05, 0) is 30.5 Å². The van der Waals surface area contributed by atoms with Gasteiger partial charge in [-0.3, -0.25) is 0 Å². The molecule has 0 aliphatic rings. The zero-order chi connectivity index (χ0) is 11.3. The van der Waals surface area contributed by atoms with Crippen LogP contribution in [0.25, 0.3) is 0 Å². The molecule has 0 atom stereocenters. The normalized spacial score (nSPS) is 12.1. The molecule has 0 heterocycles. The molecule has 4 nitrogen and oxygen atoms in total. The van der Waals surface area contributed by atoms with Crippen LogP contribution in [0.5, 0.6) is 0 Å². The van der Waals surface area contributed by atoms with Crippen LogP contribution in [0, 0.1) is 0 Å². The molecule has 0 bridgehead atoms. The Bertz CT molecular complexity index is 391. The summed E-state index contributed by atoms with van der Waals surface area (Å²) in [7, 11) is 0. The summed E-state index contributed by atoms with van der Waals surface area (Å²) in [5, 5.41) is 1.03. The van der Waals surface area contributed by atoms with E-state index < -0.39 is 0 Å². The highest BCUT2D eigenvalue weighted by atomic mass is 127. The highest BCUT2D eigenvalue weighted by Gasteiger charge is 1.94. The fourth-order valence-corrected chi connectivity index (χ4v) is 1.14. The Hall–Kier alpha value is -0.470. The largest absolute Gasteiger partial charge is 0.378 e. The van der Waals surface area contributed by atoms with Gasteiger partial charge >= 0.3 is 0 Å². The molecule has 0 saturated heterocycles. The molecule has 88 valence electrons. The number of amidine groups is 1. The van der Waals surface area contributed by atoms with E-state index in [9.17, 15) is 0 Å². The number of nitrogens with zero attached hydrogens (tertiary/aromatic N) is 2. The van der Waals surface area contributed by atoms with Crippen molar-refractivity contribution in [2.75, 3.05) is 6.26 Å². The zero-order valence-electron chi connectivity index (χ0n) is 8.55. The van der Waals surface area contributed by atoms with E-state index in [2.05, 4.69) is 9.98 Å². The first-order valence-corrected chi connectivity index (χ1v) is 5.70. The van der Waals surface area contributed by atoms with Crippen molar-refractivity contribution in [1.29, 1.82) is 0 Å². The Balaban J connectivity index is 0.00000225. The maximum absolute atomic E-state index is 5.72. The summed E-state index contributed by atoms with van der Waals surface area (Å²) >= 11 is 7.04. The first-order chi connectivity index (χ1) is 7.11. The Kier molecular flexibility index (Phi) is 7.52. The van der Waals surface area contributed by atoms with Crippen LogP contribution < -0.4 is 11.5 Å². The molecule has 0 unspecified atom stereocenters. The predicted octanol–water partition coefficient (Wildman–Crippen LogP) is 2.58. The lowest BCUT2D eigenvalue weighted by Gasteiger charge is -1.97. The van der Waals surface area contributed by atoms with E-state index >= 15 is 0 Å². The average molecular weight is 371 g/mol. The number of hydrogen-bond acceptors (Lipinski definition) is 2. The van der Waals surface area contributed by atoms with Gasteiger partial charge in [-0.25, -0.2) is 4.99 Å². The monoisotopic (exact) mass is 370 g/mol. The molecule has 0 saturated carbocycles. The van der Waals surface area contributed by atoms with Crippen molar-refractivity contribution in [2.24, 2.45) is 21.5 Å². The minimum Gasteiger partial charge on any atom is -0.378 e. The van der Waals surface area contributed by atoms with Gasteiger partial charge in [-0.2, -0.15) is 4.99 Å². The molecule has 0 spiro atoms. The van der Waals surface area contributed by atoms with Gasteiger partial charge in [0.15, 0.2) is 5.17 Å². The summed E-state index contributed by atoms with van der Waals surface area (Å²) in [6.07, 6.45) is 1.81. The van der Waals surface area contributed by atoms with Gasteiger partial charge < -0.3 is 11.5 Å². The van der Waals surface area contributed by atoms with Crippen molar-refractivity contribution < 1.29 is 0 Å². The highest BCUT2D eigenvalue weighted by Crippen LogP contribution is 2.16. The molecule has 0 aliphatic heterocycles. The van der Waals surface area contributed by atoms with Crippen LogP contribution in [-0.2, 0) is 0 Å². The van der Waals surface area contributed by atoms with E-state index in [1.165, 1.54) is 11.8 Å². The van der Waals surface area contributed by atoms with Crippen LogP contribution in [0.2, 0.25) is 5.02 Å². The van der Waals surface area contributed by atoms with E-state index in [4.69, 9.17) is 23.1 Å². The first kappa shape index (κ1) is 15.5. The lowest BCUT2D eigenvalue weighted by atomic mass is 10.3. The van der Waals surface area contributed by atoms with E-state index in [1.807, 2.05) is 6.26 Å². The predicted molar refractivity (Wildman–Crippen MR) is 83.3 cm³/mol. The first-order valence-electron chi connectivity index (χ1n) is 4.09. The number of thioether (sulfide) groups is 1. The molecule has 1 rings (SSSR count). The Labute approximate surface area is 121 Å². The molecule has 0 fully saturated rings. The molecule has 0 aliphatic carbocycles. The summed E-state index contributed by atoms with van der Waals surface area (Å²) in [5.41, 5.74) is 11.7. The van der Waals surface area contributed by atoms with Crippen LogP contribution in [0.4, 0.5) is 5.69 Å². The fraction of sp³-hybridized carbons (Fsp3) is 0.111. The maximum Gasteiger partial charge on any atom is 0.222 e. The summed E-state index contributed by atoms with van der Waals surface area (Å²) in [5.74, 6) is 0.129. The second-order valence-electron chi connectivity index (χ2n) is 2.60. The Morgan fingerprint density at radius 3 is 2.31 bits per heavy atom. The van der Waals surface area contributed by atoms with Crippen LogP contribution in [0.3, 0.4) is 0 Å². The minimum absolute atomic E-state index is 0. The third-order valence-corrected chi connectivity index (χ3v) is 2.27. The molecular weight excluding hydrogens is 359 g/mol. The standard InChI is InChI=1S/C9H11ClN4S.HI/c1-15-9(12)14-8(11)13-7-4-2-6(10)3-5-7;/h2-5H,1H3,(H4,11,12,13,14);1H.